The van der Waals surface area contributed by atoms with E-state index in [1.54, 1.807) is 11.4 Å². The molecule has 0 bridgehead atoms. The zero-order valence-corrected chi connectivity index (χ0v) is 13.7. The van der Waals surface area contributed by atoms with Crippen molar-refractivity contribution in [3.05, 3.63) is 0 Å². The van der Waals surface area contributed by atoms with Gasteiger partial charge in [-0.05, 0) is 38.0 Å². The molecule has 118 valence electrons. The monoisotopic (exact) mass is 324 g/mol. The Morgan fingerprint density at radius 2 is 2.10 bits per heavy atom. The van der Waals surface area contributed by atoms with Crippen molar-refractivity contribution in [3.8, 4) is 0 Å². The minimum atomic E-state index is -3.38. The fourth-order valence-electron chi connectivity index (χ4n) is 2.89. The number of halogens is 1. The second-order valence-electron chi connectivity index (χ2n) is 5.80. The topological polar surface area (TPSA) is 49.9 Å². The molecule has 2 rings (SSSR count). The fraction of sp³-hybridized carbons (Fsp3) is 1.00. The Morgan fingerprint density at radius 1 is 1.30 bits per heavy atom. The lowest BCUT2D eigenvalue weighted by Gasteiger charge is -2.35. The molecule has 0 aliphatic carbocycles. The molecule has 0 saturated carbocycles. The first kappa shape index (κ1) is 16.5. The summed E-state index contributed by atoms with van der Waals surface area (Å²) < 4.78 is 33.8. The fourth-order valence-corrected chi connectivity index (χ4v) is 4.65. The minimum absolute atomic E-state index is 0.0390. The third kappa shape index (κ3) is 4.07. The average Bonchev–Trinajstić information content (AvgIpc) is 2.48. The lowest BCUT2D eigenvalue weighted by molar-refractivity contribution is 0.00782. The van der Waals surface area contributed by atoms with E-state index in [-0.39, 0.29) is 12.0 Å². The van der Waals surface area contributed by atoms with Gasteiger partial charge in [-0.15, -0.1) is 11.6 Å². The quantitative estimate of drug-likeness (QED) is 0.723. The Labute approximate surface area is 127 Å². The van der Waals surface area contributed by atoms with Gasteiger partial charge in [0.1, 0.15) is 0 Å². The summed E-state index contributed by atoms with van der Waals surface area (Å²) in [5.74, 6) is 0.807. The van der Waals surface area contributed by atoms with Crippen molar-refractivity contribution >= 4 is 21.8 Å². The summed E-state index contributed by atoms with van der Waals surface area (Å²) in [7, 11) is -1.73. The van der Waals surface area contributed by atoms with E-state index in [4.69, 9.17) is 16.3 Å². The first-order valence-electron chi connectivity index (χ1n) is 7.43. The maximum atomic E-state index is 12.6. The molecule has 0 N–H and O–H groups in total. The van der Waals surface area contributed by atoms with E-state index in [0.29, 0.717) is 25.5 Å². The number of rotatable bonds is 5. The maximum absolute atomic E-state index is 12.6. The number of piperidine rings is 1. The molecule has 0 aromatic rings. The van der Waals surface area contributed by atoms with Crippen LogP contribution < -0.4 is 0 Å². The molecule has 5 nitrogen and oxygen atoms in total. The molecule has 2 aliphatic rings. The second kappa shape index (κ2) is 7.40. The van der Waals surface area contributed by atoms with Crippen LogP contribution in [0.3, 0.4) is 0 Å². The van der Waals surface area contributed by atoms with Gasteiger partial charge in [0.25, 0.3) is 10.2 Å². The van der Waals surface area contributed by atoms with Crippen molar-refractivity contribution in [2.24, 2.45) is 5.92 Å². The Morgan fingerprint density at radius 3 is 2.75 bits per heavy atom. The number of alkyl halides is 1. The van der Waals surface area contributed by atoms with Crippen molar-refractivity contribution in [2.75, 3.05) is 39.2 Å². The van der Waals surface area contributed by atoms with Crippen LogP contribution in [-0.2, 0) is 14.9 Å². The van der Waals surface area contributed by atoms with Crippen molar-refractivity contribution in [2.45, 2.75) is 38.2 Å². The highest BCUT2D eigenvalue weighted by molar-refractivity contribution is 7.86. The molecule has 0 aromatic heterocycles. The van der Waals surface area contributed by atoms with Crippen molar-refractivity contribution in [3.63, 3.8) is 0 Å². The van der Waals surface area contributed by atoms with Crippen molar-refractivity contribution in [1.82, 2.24) is 8.61 Å². The maximum Gasteiger partial charge on any atom is 0.281 e. The van der Waals surface area contributed by atoms with Crippen LogP contribution in [0.1, 0.15) is 32.1 Å². The predicted octanol–water partition coefficient (Wildman–Crippen LogP) is 1.68. The van der Waals surface area contributed by atoms with E-state index in [2.05, 4.69) is 0 Å². The van der Waals surface area contributed by atoms with Crippen LogP contribution in [0.2, 0.25) is 0 Å². The predicted molar refractivity (Wildman–Crippen MR) is 80.2 cm³/mol. The molecule has 0 amide bonds. The van der Waals surface area contributed by atoms with Gasteiger partial charge in [0.05, 0.1) is 6.10 Å². The molecule has 0 radical (unpaired) electrons. The Hall–Kier alpha value is 0.120. The smallest absolute Gasteiger partial charge is 0.281 e. The van der Waals surface area contributed by atoms with E-state index >= 15 is 0 Å². The summed E-state index contributed by atoms with van der Waals surface area (Å²) in [5.41, 5.74) is 0. The molecule has 2 saturated heterocycles. The Bertz CT molecular complexity index is 398. The Kier molecular flexibility index (Phi) is 6.10. The van der Waals surface area contributed by atoms with Crippen LogP contribution in [0.25, 0.3) is 0 Å². The molecule has 0 aromatic carbocycles. The minimum Gasteiger partial charge on any atom is -0.377 e. The lowest BCUT2D eigenvalue weighted by Crippen LogP contribution is -2.49. The summed E-state index contributed by atoms with van der Waals surface area (Å²) in [6.07, 6.45) is 5.10. The highest BCUT2D eigenvalue weighted by Crippen LogP contribution is 2.22. The largest absolute Gasteiger partial charge is 0.377 e. The molecule has 2 atom stereocenters. The van der Waals surface area contributed by atoms with Gasteiger partial charge >= 0.3 is 0 Å². The van der Waals surface area contributed by atoms with Crippen molar-refractivity contribution < 1.29 is 13.2 Å². The van der Waals surface area contributed by atoms with E-state index in [0.717, 1.165) is 38.7 Å². The van der Waals surface area contributed by atoms with Gasteiger partial charge in [-0.2, -0.15) is 17.0 Å². The molecular weight excluding hydrogens is 300 g/mol. The standard InChI is InChI=1S/C13H25ClN2O3S/c1-15(11-13-6-2-3-8-19-13)20(17,18)16-7-4-5-12(9-14)10-16/h12-13H,2-11H2,1H3. The molecule has 2 fully saturated rings. The molecule has 0 spiro atoms. The van der Waals surface area contributed by atoms with Crippen LogP contribution in [0.5, 0.6) is 0 Å². The SMILES string of the molecule is CN(CC1CCCCO1)S(=O)(=O)N1CCCC(CCl)C1. The van der Waals surface area contributed by atoms with Gasteiger partial charge in [0.15, 0.2) is 0 Å². The van der Waals surface area contributed by atoms with Crippen LogP contribution in [-0.4, -0.2) is 62.3 Å². The second-order valence-corrected chi connectivity index (χ2v) is 8.14. The lowest BCUT2D eigenvalue weighted by atomic mass is 10.0. The van der Waals surface area contributed by atoms with Crippen LogP contribution >= 0.6 is 11.6 Å². The van der Waals surface area contributed by atoms with Gasteiger partial charge in [-0.25, -0.2) is 0 Å². The Balaban J connectivity index is 1.93. The zero-order chi connectivity index (χ0) is 14.6. The highest BCUT2D eigenvalue weighted by atomic mass is 35.5. The summed E-state index contributed by atoms with van der Waals surface area (Å²) >= 11 is 5.88. The third-order valence-electron chi connectivity index (χ3n) is 4.15. The first-order chi connectivity index (χ1) is 9.54. The molecule has 7 heteroatoms. The van der Waals surface area contributed by atoms with Crippen LogP contribution in [0.4, 0.5) is 0 Å². The van der Waals surface area contributed by atoms with E-state index in [1.165, 1.54) is 4.31 Å². The molecular formula is C13H25ClN2O3S. The van der Waals surface area contributed by atoms with E-state index in [1.807, 2.05) is 0 Å². The van der Waals surface area contributed by atoms with E-state index < -0.39 is 10.2 Å². The summed E-state index contributed by atoms with van der Waals surface area (Å²) in [5, 5.41) is 0. The van der Waals surface area contributed by atoms with Gasteiger partial charge in [-0.1, -0.05) is 0 Å². The number of nitrogens with zero attached hydrogens (tertiary/aromatic N) is 2. The van der Waals surface area contributed by atoms with Crippen LogP contribution in [0, 0.1) is 5.92 Å². The molecule has 2 heterocycles. The summed E-state index contributed by atoms with van der Waals surface area (Å²) in [6, 6.07) is 0. The van der Waals surface area contributed by atoms with Crippen molar-refractivity contribution in [1.29, 1.82) is 0 Å². The third-order valence-corrected chi connectivity index (χ3v) is 6.51. The van der Waals surface area contributed by atoms with E-state index in [9.17, 15) is 8.42 Å². The van der Waals surface area contributed by atoms with Gasteiger partial charge in [0.2, 0.25) is 0 Å². The normalized spacial score (nSPS) is 29.8. The number of likely N-dealkylation sites (N-methyl/N-ethyl adjacent to an activating group) is 1. The molecule has 2 aliphatic heterocycles. The first-order valence-corrected chi connectivity index (χ1v) is 9.36. The molecule has 20 heavy (non-hydrogen) atoms. The van der Waals surface area contributed by atoms with Crippen LogP contribution in [0.15, 0.2) is 0 Å². The number of hydrogen-bond donors (Lipinski definition) is 0. The van der Waals surface area contributed by atoms with Gasteiger partial charge in [0, 0.05) is 39.2 Å². The van der Waals surface area contributed by atoms with Gasteiger partial charge in [-0.3, -0.25) is 0 Å². The van der Waals surface area contributed by atoms with Gasteiger partial charge < -0.3 is 4.74 Å². The zero-order valence-electron chi connectivity index (χ0n) is 12.1. The highest BCUT2D eigenvalue weighted by Gasteiger charge is 2.32. The number of hydrogen-bond acceptors (Lipinski definition) is 3. The number of ether oxygens (including phenoxy) is 1. The summed E-state index contributed by atoms with van der Waals surface area (Å²) in [6.45, 7) is 2.34. The summed E-state index contributed by atoms with van der Waals surface area (Å²) in [4.78, 5) is 0. The average molecular weight is 325 g/mol. The molecule has 2 unspecified atom stereocenters.